The number of hydrogen-bond acceptors (Lipinski definition) is 5. The Hall–Kier alpha value is -2.56. The standard InChI is InChI=1S/C12H9N5/c1-2-9-3-7-15-12(11(9)14-5-1)17-10-4-6-13-8-16-10/h1-8H,(H,13,15,16,17). The van der Waals surface area contributed by atoms with E-state index in [1.54, 1.807) is 24.7 Å². The SMILES string of the molecule is c1cnc2c(Nc3ccncn3)nccc2c1. The lowest BCUT2D eigenvalue weighted by molar-refractivity contribution is 1.16. The third-order valence-electron chi connectivity index (χ3n) is 2.35. The first kappa shape index (κ1) is 9.65. The Morgan fingerprint density at radius 3 is 2.76 bits per heavy atom. The summed E-state index contributed by atoms with van der Waals surface area (Å²) in [6, 6.07) is 7.60. The lowest BCUT2D eigenvalue weighted by atomic mass is 10.2. The van der Waals surface area contributed by atoms with Crippen molar-refractivity contribution in [2.75, 3.05) is 5.32 Å². The van der Waals surface area contributed by atoms with E-state index in [2.05, 4.69) is 25.3 Å². The van der Waals surface area contributed by atoms with Crippen LogP contribution in [0.1, 0.15) is 0 Å². The van der Waals surface area contributed by atoms with Crippen LogP contribution in [0.4, 0.5) is 11.6 Å². The van der Waals surface area contributed by atoms with Crippen LogP contribution in [0, 0.1) is 0 Å². The predicted octanol–water partition coefficient (Wildman–Crippen LogP) is 2.16. The van der Waals surface area contributed by atoms with Gasteiger partial charge in [0.15, 0.2) is 5.82 Å². The molecule has 5 nitrogen and oxygen atoms in total. The van der Waals surface area contributed by atoms with E-state index in [0.29, 0.717) is 11.6 Å². The van der Waals surface area contributed by atoms with E-state index in [4.69, 9.17) is 0 Å². The van der Waals surface area contributed by atoms with Gasteiger partial charge in [-0.3, -0.25) is 4.98 Å². The monoisotopic (exact) mass is 223 g/mol. The summed E-state index contributed by atoms with van der Waals surface area (Å²) >= 11 is 0. The van der Waals surface area contributed by atoms with Crippen molar-refractivity contribution in [2.45, 2.75) is 0 Å². The number of nitrogens with one attached hydrogen (secondary N) is 1. The van der Waals surface area contributed by atoms with E-state index >= 15 is 0 Å². The van der Waals surface area contributed by atoms with Gasteiger partial charge >= 0.3 is 0 Å². The minimum atomic E-state index is 0.696. The highest BCUT2D eigenvalue weighted by Crippen LogP contribution is 2.20. The fourth-order valence-electron chi connectivity index (χ4n) is 1.58. The summed E-state index contributed by atoms with van der Waals surface area (Å²) in [6.45, 7) is 0. The van der Waals surface area contributed by atoms with E-state index in [9.17, 15) is 0 Å². The quantitative estimate of drug-likeness (QED) is 0.721. The fourth-order valence-corrected chi connectivity index (χ4v) is 1.58. The molecule has 0 fully saturated rings. The van der Waals surface area contributed by atoms with E-state index in [0.717, 1.165) is 10.9 Å². The average molecular weight is 223 g/mol. The molecule has 0 saturated carbocycles. The van der Waals surface area contributed by atoms with Crippen LogP contribution >= 0.6 is 0 Å². The molecule has 82 valence electrons. The first-order chi connectivity index (χ1) is 8.43. The van der Waals surface area contributed by atoms with Crippen molar-refractivity contribution in [3.63, 3.8) is 0 Å². The van der Waals surface area contributed by atoms with Crippen molar-refractivity contribution in [3.8, 4) is 0 Å². The van der Waals surface area contributed by atoms with Gasteiger partial charge in [-0.15, -0.1) is 0 Å². The zero-order valence-corrected chi connectivity index (χ0v) is 8.91. The third-order valence-corrected chi connectivity index (χ3v) is 2.35. The van der Waals surface area contributed by atoms with Gasteiger partial charge in [-0.1, -0.05) is 6.07 Å². The van der Waals surface area contributed by atoms with E-state index in [1.165, 1.54) is 6.33 Å². The van der Waals surface area contributed by atoms with Crippen LogP contribution in [0.3, 0.4) is 0 Å². The Kier molecular flexibility index (Phi) is 2.34. The van der Waals surface area contributed by atoms with Gasteiger partial charge in [-0.2, -0.15) is 0 Å². The molecular weight excluding hydrogens is 214 g/mol. The summed E-state index contributed by atoms with van der Waals surface area (Å²) in [5, 5.41) is 4.16. The molecule has 0 aliphatic rings. The maximum atomic E-state index is 4.31. The Bertz CT molecular complexity index is 633. The van der Waals surface area contributed by atoms with E-state index < -0.39 is 0 Å². The Morgan fingerprint density at radius 2 is 1.88 bits per heavy atom. The lowest BCUT2D eigenvalue weighted by Gasteiger charge is -2.06. The second-order valence-electron chi connectivity index (χ2n) is 3.45. The van der Waals surface area contributed by atoms with Gasteiger partial charge in [0, 0.05) is 24.0 Å². The normalized spacial score (nSPS) is 10.4. The molecule has 0 aromatic carbocycles. The molecule has 0 bridgehead atoms. The molecule has 0 saturated heterocycles. The van der Waals surface area contributed by atoms with Crippen LogP contribution in [0.25, 0.3) is 10.9 Å². The Balaban J connectivity index is 2.06. The molecule has 3 aromatic rings. The highest BCUT2D eigenvalue weighted by molar-refractivity contribution is 5.89. The molecule has 0 atom stereocenters. The Morgan fingerprint density at radius 1 is 0.882 bits per heavy atom. The second kappa shape index (κ2) is 4.13. The molecule has 3 heterocycles. The predicted molar refractivity (Wildman–Crippen MR) is 64.9 cm³/mol. The molecular formula is C12H9N5. The summed E-state index contributed by atoms with van der Waals surface area (Å²) in [5.74, 6) is 1.40. The topological polar surface area (TPSA) is 63.6 Å². The second-order valence-corrected chi connectivity index (χ2v) is 3.45. The van der Waals surface area contributed by atoms with Gasteiger partial charge < -0.3 is 5.32 Å². The zero-order valence-electron chi connectivity index (χ0n) is 8.91. The molecule has 3 rings (SSSR count). The first-order valence-electron chi connectivity index (χ1n) is 5.16. The number of rotatable bonds is 2. The van der Waals surface area contributed by atoms with Gasteiger partial charge in [0.2, 0.25) is 0 Å². The molecule has 0 unspecified atom stereocenters. The highest BCUT2D eigenvalue weighted by atomic mass is 15.1. The number of fused-ring (bicyclic) bond motifs is 1. The van der Waals surface area contributed by atoms with Gasteiger partial charge in [-0.25, -0.2) is 15.0 Å². The minimum absolute atomic E-state index is 0.696. The number of pyridine rings is 2. The molecule has 17 heavy (non-hydrogen) atoms. The van der Waals surface area contributed by atoms with Gasteiger partial charge in [-0.05, 0) is 18.2 Å². The average Bonchev–Trinajstić information content (AvgIpc) is 2.40. The lowest BCUT2D eigenvalue weighted by Crippen LogP contribution is -1.97. The zero-order chi connectivity index (χ0) is 11.5. The summed E-state index contributed by atoms with van der Waals surface area (Å²) in [4.78, 5) is 16.5. The first-order valence-corrected chi connectivity index (χ1v) is 5.16. The van der Waals surface area contributed by atoms with Crippen LogP contribution < -0.4 is 5.32 Å². The Labute approximate surface area is 97.6 Å². The van der Waals surface area contributed by atoms with E-state index in [1.807, 2.05) is 18.2 Å². The minimum Gasteiger partial charge on any atom is -0.323 e. The summed E-state index contributed by atoms with van der Waals surface area (Å²) in [7, 11) is 0. The van der Waals surface area contributed by atoms with Crippen molar-refractivity contribution >= 4 is 22.5 Å². The van der Waals surface area contributed by atoms with Gasteiger partial charge in [0.25, 0.3) is 0 Å². The third kappa shape index (κ3) is 1.90. The van der Waals surface area contributed by atoms with Gasteiger partial charge in [0.05, 0.1) is 0 Å². The largest absolute Gasteiger partial charge is 0.323 e. The molecule has 0 aliphatic heterocycles. The van der Waals surface area contributed by atoms with Crippen LogP contribution in [-0.2, 0) is 0 Å². The summed E-state index contributed by atoms with van der Waals surface area (Å²) in [6.07, 6.45) is 6.65. The number of anilines is 2. The van der Waals surface area contributed by atoms with Crippen molar-refractivity contribution in [1.29, 1.82) is 0 Å². The molecule has 1 N–H and O–H groups in total. The molecule has 0 radical (unpaired) electrons. The van der Waals surface area contributed by atoms with Crippen LogP contribution in [0.2, 0.25) is 0 Å². The van der Waals surface area contributed by atoms with E-state index in [-0.39, 0.29) is 0 Å². The summed E-state index contributed by atoms with van der Waals surface area (Å²) in [5.41, 5.74) is 0.827. The smallest absolute Gasteiger partial charge is 0.158 e. The van der Waals surface area contributed by atoms with Crippen LogP contribution in [0.5, 0.6) is 0 Å². The van der Waals surface area contributed by atoms with Crippen molar-refractivity contribution < 1.29 is 0 Å². The maximum absolute atomic E-state index is 4.31. The molecule has 0 aliphatic carbocycles. The number of aromatic nitrogens is 4. The molecule has 0 amide bonds. The van der Waals surface area contributed by atoms with Crippen LogP contribution in [-0.4, -0.2) is 19.9 Å². The highest BCUT2D eigenvalue weighted by Gasteiger charge is 2.03. The molecule has 0 spiro atoms. The maximum Gasteiger partial charge on any atom is 0.158 e. The molecule has 5 heteroatoms. The molecule has 3 aromatic heterocycles. The fraction of sp³-hybridized carbons (Fsp3) is 0. The summed E-state index contributed by atoms with van der Waals surface area (Å²) < 4.78 is 0. The number of nitrogens with zero attached hydrogens (tertiary/aromatic N) is 4. The van der Waals surface area contributed by atoms with Crippen molar-refractivity contribution in [1.82, 2.24) is 19.9 Å². The van der Waals surface area contributed by atoms with Gasteiger partial charge in [0.1, 0.15) is 17.7 Å². The van der Waals surface area contributed by atoms with Crippen molar-refractivity contribution in [3.05, 3.63) is 49.2 Å². The van der Waals surface area contributed by atoms with Crippen molar-refractivity contribution in [2.24, 2.45) is 0 Å². The number of hydrogen-bond donors (Lipinski definition) is 1. The van der Waals surface area contributed by atoms with Crippen LogP contribution in [0.15, 0.2) is 49.2 Å².